The second-order valence-electron chi connectivity index (χ2n) is 8.66. The van der Waals surface area contributed by atoms with Crippen molar-refractivity contribution in [3.8, 4) is 5.75 Å². The number of morpholine rings is 1. The number of ether oxygens (including phenoxy) is 2. The standard InChI is InChI=1S/C26H28N2O5/c1-17-7-8-21-20(15-17)24(29)22-23(18-5-3-6-19(16-18)31-2)28(26(30)25(22)33-21)10-4-9-27-11-13-32-14-12-27/h3,5-8,15-16,23H,4,9-14H2,1-2H3. The molecule has 1 amide bonds. The molecule has 0 N–H and O–H groups in total. The molecule has 7 nitrogen and oxygen atoms in total. The van der Waals surface area contributed by atoms with Crippen LogP contribution in [0.5, 0.6) is 5.75 Å². The summed E-state index contributed by atoms with van der Waals surface area (Å²) in [6, 6.07) is 12.5. The molecule has 0 radical (unpaired) electrons. The van der Waals surface area contributed by atoms with Gasteiger partial charge in [-0.2, -0.15) is 0 Å². The summed E-state index contributed by atoms with van der Waals surface area (Å²) >= 11 is 0. The van der Waals surface area contributed by atoms with Crippen LogP contribution in [-0.4, -0.2) is 62.2 Å². The van der Waals surface area contributed by atoms with Gasteiger partial charge in [-0.05, 0) is 43.2 Å². The molecule has 7 heteroatoms. The summed E-state index contributed by atoms with van der Waals surface area (Å²) in [6.07, 6.45) is 0.799. The molecular weight excluding hydrogens is 420 g/mol. The average Bonchev–Trinajstić information content (AvgIpc) is 3.12. The third-order valence-corrected chi connectivity index (χ3v) is 6.51. The van der Waals surface area contributed by atoms with E-state index in [0.29, 0.717) is 28.8 Å². The molecular formula is C26H28N2O5. The number of rotatable bonds is 6. The number of aryl methyl sites for hydroxylation is 1. The highest BCUT2D eigenvalue weighted by atomic mass is 16.5. The molecule has 33 heavy (non-hydrogen) atoms. The van der Waals surface area contributed by atoms with Crippen molar-refractivity contribution >= 4 is 16.9 Å². The first-order valence-electron chi connectivity index (χ1n) is 11.4. The molecule has 0 saturated carbocycles. The molecule has 1 aromatic heterocycles. The van der Waals surface area contributed by atoms with Crippen LogP contribution in [-0.2, 0) is 4.74 Å². The van der Waals surface area contributed by atoms with Gasteiger partial charge in [0.05, 0.1) is 37.3 Å². The minimum atomic E-state index is -0.506. The predicted molar refractivity (Wildman–Crippen MR) is 125 cm³/mol. The molecule has 0 bridgehead atoms. The fraction of sp³-hybridized carbons (Fsp3) is 0.385. The molecule has 1 fully saturated rings. The normalized spacial score (nSPS) is 18.7. The average molecular weight is 449 g/mol. The van der Waals surface area contributed by atoms with E-state index in [9.17, 15) is 9.59 Å². The van der Waals surface area contributed by atoms with Crippen molar-refractivity contribution in [1.82, 2.24) is 9.80 Å². The van der Waals surface area contributed by atoms with Crippen molar-refractivity contribution in [2.75, 3.05) is 46.5 Å². The Kier molecular flexibility index (Phi) is 5.91. The quantitative estimate of drug-likeness (QED) is 0.576. The Morgan fingerprint density at radius 2 is 1.88 bits per heavy atom. The number of hydrogen-bond donors (Lipinski definition) is 0. The minimum Gasteiger partial charge on any atom is -0.497 e. The zero-order valence-corrected chi connectivity index (χ0v) is 19.0. The molecule has 172 valence electrons. The maximum atomic E-state index is 13.6. The van der Waals surface area contributed by atoms with E-state index in [1.54, 1.807) is 18.1 Å². The van der Waals surface area contributed by atoms with Gasteiger partial charge in [-0.25, -0.2) is 0 Å². The lowest BCUT2D eigenvalue weighted by atomic mass is 9.98. The maximum absolute atomic E-state index is 13.6. The topological polar surface area (TPSA) is 72.2 Å². The highest BCUT2D eigenvalue weighted by Gasteiger charge is 2.42. The van der Waals surface area contributed by atoms with Gasteiger partial charge in [0.1, 0.15) is 11.3 Å². The van der Waals surface area contributed by atoms with Crippen molar-refractivity contribution in [3.05, 3.63) is 75.1 Å². The van der Waals surface area contributed by atoms with E-state index in [1.165, 1.54) is 0 Å². The molecule has 0 spiro atoms. The smallest absolute Gasteiger partial charge is 0.290 e. The summed E-state index contributed by atoms with van der Waals surface area (Å²) in [6.45, 7) is 6.62. The van der Waals surface area contributed by atoms with Gasteiger partial charge >= 0.3 is 0 Å². The zero-order chi connectivity index (χ0) is 22.9. The summed E-state index contributed by atoms with van der Waals surface area (Å²) in [5, 5.41) is 0.504. The zero-order valence-electron chi connectivity index (χ0n) is 19.0. The Hall–Kier alpha value is -3.16. The molecule has 1 unspecified atom stereocenters. The van der Waals surface area contributed by atoms with Crippen molar-refractivity contribution in [2.45, 2.75) is 19.4 Å². The monoisotopic (exact) mass is 448 g/mol. The number of methoxy groups -OCH3 is 1. The second-order valence-corrected chi connectivity index (χ2v) is 8.66. The second kappa shape index (κ2) is 9.00. The summed E-state index contributed by atoms with van der Waals surface area (Å²) in [7, 11) is 1.61. The van der Waals surface area contributed by atoms with E-state index in [-0.39, 0.29) is 17.1 Å². The van der Waals surface area contributed by atoms with Crippen LogP contribution in [0.4, 0.5) is 0 Å². The van der Waals surface area contributed by atoms with Crippen LogP contribution in [0.3, 0.4) is 0 Å². The molecule has 0 aliphatic carbocycles. The van der Waals surface area contributed by atoms with E-state index in [1.807, 2.05) is 43.3 Å². The van der Waals surface area contributed by atoms with Gasteiger partial charge in [-0.3, -0.25) is 14.5 Å². The number of hydrogen-bond acceptors (Lipinski definition) is 6. The van der Waals surface area contributed by atoms with Gasteiger partial charge < -0.3 is 18.8 Å². The molecule has 1 saturated heterocycles. The molecule has 3 heterocycles. The highest BCUT2D eigenvalue weighted by Crippen LogP contribution is 2.39. The van der Waals surface area contributed by atoms with Crippen LogP contribution >= 0.6 is 0 Å². The van der Waals surface area contributed by atoms with Crippen molar-refractivity contribution < 1.29 is 18.7 Å². The lowest BCUT2D eigenvalue weighted by Crippen LogP contribution is -2.38. The van der Waals surface area contributed by atoms with Gasteiger partial charge in [0.25, 0.3) is 5.91 Å². The van der Waals surface area contributed by atoms with Crippen LogP contribution in [0.1, 0.15) is 39.7 Å². The Morgan fingerprint density at radius 1 is 1.06 bits per heavy atom. The number of carbonyl (C=O) groups excluding carboxylic acids is 1. The number of nitrogens with zero attached hydrogens (tertiary/aromatic N) is 2. The number of amides is 1. The first-order valence-corrected chi connectivity index (χ1v) is 11.4. The molecule has 2 aromatic carbocycles. The number of fused-ring (bicyclic) bond motifs is 2. The number of benzene rings is 2. The van der Waals surface area contributed by atoms with Crippen LogP contribution in [0.15, 0.2) is 51.7 Å². The van der Waals surface area contributed by atoms with Crippen molar-refractivity contribution in [2.24, 2.45) is 0 Å². The molecule has 5 rings (SSSR count). The fourth-order valence-electron chi connectivity index (χ4n) is 4.81. The molecule has 2 aliphatic rings. The largest absolute Gasteiger partial charge is 0.497 e. The molecule has 1 atom stereocenters. The van der Waals surface area contributed by atoms with Gasteiger partial charge in [0.2, 0.25) is 5.76 Å². The van der Waals surface area contributed by atoms with Gasteiger partial charge in [0, 0.05) is 26.2 Å². The third-order valence-electron chi connectivity index (χ3n) is 6.51. The van der Waals surface area contributed by atoms with E-state index in [4.69, 9.17) is 13.9 Å². The predicted octanol–water partition coefficient (Wildman–Crippen LogP) is 3.38. The Labute approximate surface area is 192 Å². The number of carbonyl (C=O) groups is 1. The molecule has 3 aromatic rings. The first kappa shape index (κ1) is 21.7. The van der Waals surface area contributed by atoms with Gasteiger partial charge in [-0.1, -0.05) is 23.8 Å². The Bertz CT molecular complexity index is 1250. The lowest BCUT2D eigenvalue weighted by molar-refractivity contribution is 0.0353. The first-order chi connectivity index (χ1) is 16.1. The van der Waals surface area contributed by atoms with E-state index in [0.717, 1.165) is 50.4 Å². The van der Waals surface area contributed by atoms with Crippen LogP contribution in [0, 0.1) is 6.92 Å². The van der Waals surface area contributed by atoms with Crippen LogP contribution < -0.4 is 10.2 Å². The van der Waals surface area contributed by atoms with E-state index >= 15 is 0 Å². The third kappa shape index (κ3) is 4.03. The van der Waals surface area contributed by atoms with Crippen LogP contribution in [0.25, 0.3) is 11.0 Å². The fourth-order valence-corrected chi connectivity index (χ4v) is 4.81. The summed E-state index contributed by atoms with van der Waals surface area (Å²) in [5.41, 5.74) is 2.52. The van der Waals surface area contributed by atoms with Gasteiger partial charge in [0.15, 0.2) is 5.43 Å². The SMILES string of the molecule is COc1cccc(C2c3c(oc4ccc(C)cc4c3=O)C(=O)N2CCCN2CCOCC2)c1. The lowest BCUT2D eigenvalue weighted by Gasteiger charge is -2.29. The molecule has 2 aliphatic heterocycles. The van der Waals surface area contributed by atoms with Gasteiger partial charge in [-0.15, -0.1) is 0 Å². The summed E-state index contributed by atoms with van der Waals surface area (Å²) < 4.78 is 16.9. The maximum Gasteiger partial charge on any atom is 0.290 e. The van der Waals surface area contributed by atoms with E-state index in [2.05, 4.69) is 4.90 Å². The minimum absolute atomic E-state index is 0.146. The summed E-state index contributed by atoms with van der Waals surface area (Å²) in [4.78, 5) is 31.3. The van der Waals surface area contributed by atoms with Crippen molar-refractivity contribution in [3.63, 3.8) is 0 Å². The van der Waals surface area contributed by atoms with E-state index < -0.39 is 6.04 Å². The van der Waals surface area contributed by atoms with Crippen LogP contribution in [0.2, 0.25) is 0 Å². The Morgan fingerprint density at radius 3 is 2.67 bits per heavy atom. The Balaban J connectivity index is 1.55. The highest BCUT2D eigenvalue weighted by molar-refractivity contribution is 5.99. The summed E-state index contributed by atoms with van der Waals surface area (Å²) in [5.74, 6) is 0.595. The van der Waals surface area contributed by atoms with Crippen molar-refractivity contribution in [1.29, 1.82) is 0 Å².